The standard InChI is InChI=1S/C14H21N3O2/c1-3-9-19-14(18)13-11(2)17(16-15-13)10-12-7-5-4-6-8-12/h3,12H,1,4-10H2,2H3. The van der Waals surface area contributed by atoms with Gasteiger partial charge in [-0.25, -0.2) is 9.48 Å². The van der Waals surface area contributed by atoms with Crippen molar-refractivity contribution in [2.24, 2.45) is 5.92 Å². The average molecular weight is 263 g/mol. The van der Waals surface area contributed by atoms with Crippen LogP contribution in [0.15, 0.2) is 12.7 Å². The van der Waals surface area contributed by atoms with E-state index >= 15 is 0 Å². The highest BCUT2D eigenvalue weighted by molar-refractivity contribution is 5.88. The molecule has 0 spiro atoms. The van der Waals surface area contributed by atoms with Gasteiger partial charge in [-0.3, -0.25) is 0 Å². The SMILES string of the molecule is C=CCOC(=O)c1nnn(CC2CCCCC2)c1C. The summed E-state index contributed by atoms with van der Waals surface area (Å²) < 4.78 is 6.82. The number of carbonyl (C=O) groups is 1. The molecule has 0 radical (unpaired) electrons. The fraction of sp³-hybridized carbons (Fsp3) is 0.643. The molecule has 1 aliphatic carbocycles. The lowest BCUT2D eigenvalue weighted by Gasteiger charge is -2.21. The van der Waals surface area contributed by atoms with Crippen molar-refractivity contribution < 1.29 is 9.53 Å². The van der Waals surface area contributed by atoms with Gasteiger partial charge >= 0.3 is 5.97 Å². The van der Waals surface area contributed by atoms with E-state index in [-0.39, 0.29) is 6.61 Å². The van der Waals surface area contributed by atoms with Crippen molar-refractivity contribution in [3.8, 4) is 0 Å². The highest BCUT2D eigenvalue weighted by atomic mass is 16.5. The number of aromatic nitrogens is 3. The molecule has 0 bridgehead atoms. The van der Waals surface area contributed by atoms with Crippen LogP contribution in [0.1, 0.15) is 48.3 Å². The van der Waals surface area contributed by atoms with Crippen molar-refractivity contribution in [3.05, 3.63) is 24.0 Å². The smallest absolute Gasteiger partial charge is 0.361 e. The van der Waals surface area contributed by atoms with Gasteiger partial charge < -0.3 is 4.74 Å². The Morgan fingerprint density at radius 2 is 2.21 bits per heavy atom. The Labute approximate surface area is 113 Å². The maximum Gasteiger partial charge on any atom is 0.361 e. The molecule has 0 amide bonds. The van der Waals surface area contributed by atoms with Gasteiger partial charge in [0.15, 0.2) is 5.69 Å². The summed E-state index contributed by atoms with van der Waals surface area (Å²) in [6, 6.07) is 0. The molecule has 0 aromatic carbocycles. The van der Waals surface area contributed by atoms with Crippen LogP contribution in [0.3, 0.4) is 0 Å². The summed E-state index contributed by atoms with van der Waals surface area (Å²) in [5.41, 5.74) is 1.11. The highest BCUT2D eigenvalue weighted by Gasteiger charge is 2.20. The Balaban J connectivity index is 2.00. The van der Waals surface area contributed by atoms with E-state index < -0.39 is 5.97 Å². The number of hydrogen-bond donors (Lipinski definition) is 0. The molecule has 5 heteroatoms. The van der Waals surface area contributed by atoms with E-state index in [0.29, 0.717) is 11.6 Å². The molecule has 0 unspecified atom stereocenters. The molecular formula is C14H21N3O2. The fourth-order valence-corrected chi connectivity index (χ4v) is 2.54. The van der Waals surface area contributed by atoms with E-state index in [0.717, 1.165) is 12.2 Å². The maximum absolute atomic E-state index is 11.7. The number of rotatable bonds is 5. The maximum atomic E-state index is 11.7. The van der Waals surface area contributed by atoms with Crippen LogP contribution in [0.2, 0.25) is 0 Å². The zero-order valence-electron chi connectivity index (χ0n) is 11.5. The second-order valence-electron chi connectivity index (χ2n) is 5.10. The van der Waals surface area contributed by atoms with Crippen LogP contribution >= 0.6 is 0 Å². The summed E-state index contributed by atoms with van der Waals surface area (Å²) in [7, 11) is 0. The lowest BCUT2D eigenvalue weighted by Crippen LogP contribution is -2.16. The third-order valence-electron chi connectivity index (χ3n) is 3.66. The minimum atomic E-state index is -0.424. The van der Waals surface area contributed by atoms with Crippen LogP contribution < -0.4 is 0 Å². The van der Waals surface area contributed by atoms with Gasteiger partial charge in [0, 0.05) is 6.54 Å². The molecule has 19 heavy (non-hydrogen) atoms. The fourth-order valence-electron chi connectivity index (χ4n) is 2.54. The monoisotopic (exact) mass is 263 g/mol. The molecule has 2 rings (SSSR count). The normalized spacial score (nSPS) is 16.3. The predicted molar refractivity (Wildman–Crippen MR) is 71.8 cm³/mol. The van der Waals surface area contributed by atoms with Crippen LogP contribution in [0.5, 0.6) is 0 Å². The third-order valence-corrected chi connectivity index (χ3v) is 3.66. The van der Waals surface area contributed by atoms with Gasteiger partial charge in [-0.1, -0.05) is 37.1 Å². The van der Waals surface area contributed by atoms with Crippen LogP contribution in [-0.4, -0.2) is 27.6 Å². The predicted octanol–water partition coefficient (Wildman–Crippen LogP) is 2.51. The quantitative estimate of drug-likeness (QED) is 0.605. The summed E-state index contributed by atoms with van der Waals surface area (Å²) >= 11 is 0. The summed E-state index contributed by atoms with van der Waals surface area (Å²) in [4.78, 5) is 11.7. The Morgan fingerprint density at radius 1 is 1.47 bits per heavy atom. The highest BCUT2D eigenvalue weighted by Crippen LogP contribution is 2.25. The molecule has 1 heterocycles. The first-order valence-electron chi connectivity index (χ1n) is 6.90. The van der Waals surface area contributed by atoms with E-state index in [1.54, 1.807) is 6.08 Å². The summed E-state index contributed by atoms with van der Waals surface area (Å²) in [6.45, 7) is 6.44. The number of nitrogens with zero attached hydrogens (tertiary/aromatic N) is 3. The number of ether oxygens (including phenoxy) is 1. The van der Waals surface area contributed by atoms with E-state index in [9.17, 15) is 4.79 Å². The van der Waals surface area contributed by atoms with Gasteiger partial charge in [0.05, 0.1) is 5.69 Å². The molecule has 0 atom stereocenters. The first-order chi connectivity index (χ1) is 9.22. The molecule has 104 valence electrons. The number of hydrogen-bond acceptors (Lipinski definition) is 4. The van der Waals surface area contributed by atoms with Crippen molar-refractivity contribution in [1.82, 2.24) is 15.0 Å². The average Bonchev–Trinajstić information content (AvgIpc) is 2.79. The second-order valence-corrected chi connectivity index (χ2v) is 5.10. The Morgan fingerprint density at radius 3 is 2.89 bits per heavy atom. The summed E-state index contributed by atoms with van der Waals surface area (Å²) in [5, 5.41) is 8.02. The van der Waals surface area contributed by atoms with Crippen molar-refractivity contribution in [2.75, 3.05) is 6.61 Å². The summed E-state index contributed by atoms with van der Waals surface area (Å²) in [6.07, 6.45) is 7.97. The zero-order valence-corrected chi connectivity index (χ0v) is 11.5. The van der Waals surface area contributed by atoms with Crippen LogP contribution in [0.4, 0.5) is 0 Å². The number of carbonyl (C=O) groups excluding carboxylic acids is 1. The van der Waals surface area contributed by atoms with Crippen molar-refractivity contribution in [3.63, 3.8) is 0 Å². The first-order valence-corrected chi connectivity index (χ1v) is 6.90. The molecule has 1 aromatic heterocycles. The number of esters is 1. The Bertz CT molecular complexity index is 448. The van der Waals surface area contributed by atoms with Gasteiger partial charge in [0.1, 0.15) is 6.61 Å². The molecule has 1 saturated carbocycles. The molecule has 0 N–H and O–H groups in total. The van der Waals surface area contributed by atoms with Crippen LogP contribution in [0, 0.1) is 12.8 Å². The molecular weight excluding hydrogens is 242 g/mol. The molecule has 1 fully saturated rings. The zero-order chi connectivity index (χ0) is 13.7. The molecule has 0 aliphatic heterocycles. The topological polar surface area (TPSA) is 57.0 Å². The van der Waals surface area contributed by atoms with Crippen LogP contribution in [-0.2, 0) is 11.3 Å². The van der Waals surface area contributed by atoms with Gasteiger partial charge in [-0.05, 0) is 25.7 Å². The Hall–Kier alpha value is -1.65. The van der Waals surface area contributed by atoms with Crippen LogP contribution in [0.25, 0.3) is 0 Å². The minimum absolute atomic E-state index is 0.202. The second kappa shape index (κ2) is 6.50. The molecule has 1 aromatic rings. The van der Waals surface area contributed by atoms with Crippen molar-refractivity contribution in [1.29, 1.82) is 0 Å². The van der Waals surface area contributed by atoms with E-state index in [4.69, 9.17) is 4.74 Å². The van der Waals surface area contributed by atoms with Gasteiger partial charge in [-0.15, -0.1) is 5.10 Å². The van der Waals surface area contributed by atoms with Crippen molar-refractivity contribution >= 4 is 5.97 Å². The molecule has 1 aliphatic rings. The molecule has 5 nitrogen and oxygen atoms in total. The minimum Gasteiger partial charge on any atom is -0.457 e. The van der Waals surface area contributed by atoms with E-state index in [2.05, 4.69) is 16.9 Å². The van der Waals surface area contributed by atoms with Gasteiger partial charge in [0.25, 0.3) is 0 Å². The largest absolute Gasteiger partial charge is 0.457 e. The van der Waals surface area contributed by atoms with Gasteiger partial charge in [0.2, 0.25) is 0 Å². The first kappa shape index (κ1) is 13.8. The third kappa shape index (κ3) is 3.43. The van der Waals surface area contributed by atoms with Gasteiger partial charge in [-0.2, -0.15) is 0 Å². The van der Waals surface area contributed by atoms with Crippen molar-refractivity contribution in [2.45, 2.75) is 45.6 Å². The Kier molecular flexibility index (Phi) is 4.71. The lowest BCUT2D eigenvalue weighted by atomic mass is 9.89. The lowest BCUT2D eigenvalue weighted by molar-refractivity contribution is 0.0542. The summed E-state index contributed by atoms with van der Waals surface area (Å²) in [5.74, 6) is 0.235. The van der Waals surface area contributed by atoms with E-state index in [1.807, 2.05) is 11.6 Å². The molecule has 0 saturated heterocycles. The van der Waals surface area contributed by atoms with E-state index in [1.165, 1.54) is 32.1 Å².